The van der Waals surface area contributed by atoms with Gasteiger partial charge in [-0.2, -0.15) is 0 Å². The maximum Gasteiger partial charge on any atom is 0.414 e. The van der Waals surface area contributed by atoms with Gasteiger partial charge in [0.25, 0.3) is 0 Å². The minimum Gasteiger partial charge on any atom is -0.473 e. The number of piperidine rings is 1. The van der Waals surface area contributed by atoms with E-state index < -0.39 is 11.9 Å². The summed E-state index contributed by atoms with van der Waals surface area (Å²) in [5.41, 5.74) is 0. The maximum atomic E-state index is 11.5. The highest BCUT2D eigenvalue weighted by molar-refractivity contribution is 6.27. The van der Waals surface area contributed by atoms with Crippen LogP contribution in [0.3, 0.4) is 0 Å². The number of aliphatic hydroxyl groups excluding tert-OH is 1. The van der Waals surface area contributed by atoms with Gasteiger partial charge in [-0.1, -0.05) is 0 Å². The lowest BCUT2D eigenvalue weighted by Crippen LogP contribution is -2.43. The van der Waals surface area contributed by atoms with Gasteiger partial charge in [0.15, 0.2) is 0 Å². The molecule has 110 valence electrons. The first-order valence-corrected chi connectivity index (χ1v) is 5.80. The second kappa shape index (κ2) is 8.44. The number of carbonyl (C=O) groups excluding carboxylic acids is 1. The van der Waals surface area contributed by atoms with Crippen LogP contribution < -0.4 is 0 Å². The third kappa shape index (κ3) is 8.11. The van der Waals surface area contributed by atoms with Crippen molar-refractivity contribution in [3.63, 3.8) is 0 Å². The second-order valence-electron chi connectivity index (χ2n) is 4.46. The molecule has 0 atom stereocenters. The SMILES string of the molecule is CN(C)CC(=O)N1CCC(O)CC1.O=C(O)C(=O)O. The summed E-state index contributed by atoms with van der Waals surface area (Å²) in [6.07, 6.45) is 1.24. The molecule has 8 heteroatoms. The second-order valence-corrected chi connectivity index (χ2v) is 4.46. The van der Waals surface area contributed by atoms with Gasteiger partial charge in [0, 0.05) is 13.1 Å². The highest BCUT2D eigenvalue weighted by atomic mass is 16.4. The number of rotatable bonds is 2. The molecule has 1 heterocycles. The van der Waals surface area contributed by atoms with E-state index in [1.807, 2.05) is 23.9 Å². The van der Waals surface area contributed by atoms with Gasteiger partial charge in [-0.05, 0) is 26.9 Å². The summed E-state index contributed by atoms with van der Waals surface area (Å²) >= 11 is 0. The molecule has 1 aliphatic heterocycles. The molecule has 1 amide bonds. The molecule has 0 radical (unpaired) electrons. The van der Waals surface area contributed by atoms with Crippen LogP contribution in [-0.2, 0) is 14.4 Å². The highest BCUT2D eigenvalue weighted by Gasteiger charge is 2.20. The van der Waals surface area contributed by atoms with Crippen LogP contribution in [0.1, 0.15) is 12.8 Å². The van der Waals surface area contributed by atoms with E-state index in [4.69, 9.17) is 19.8 Å². The van der Waals surface area contributed by atoms with Crippen molar-refractivity contribution in [1.82, 2.24) is 9.80 Å². The van der Waals surface area contributed by atoms with Crippen molar-refractivity contribution in [2.75, 3.05) is 33.7 Å². The van der Waals surface area contributed by atoms with Gasteiger partial charge >= 0.3 is 11.9 Å². The Bertz CT molecular complexity index is 311. The Kier molecular flexibility index (Phi) is 7.69. The molecule has 8 nitrogen and oxygen atoms in total. The number of amides is 1. The number of aliphatic carboxylic acids is 2. The van der Waals surface area contributed by atoms with Crippen LogP contribution in [0.25, 0.3) is 0 Å². The van der Waals surface area contributed by atoms with Crippen LogP contribution in [-0.4, -0.2) is 82.8 Å². The Morgan fingerprint density at radius 1 is 1.11 bits per heavy atom. The van der Waals surface area contributed by atoms with Gasteiger partial charge < -0.3 is 25.1 Å². The standard InChI is InChI=1S/C9H18N2O2.C2H2O4/c1-10(2)7-9(13)11-5-3-8(12)4-6-11;3-1(4)2(5)6/h8,12H,3-7H2,1-2H3;(H,3,4)(H,5,6). The molecule has 0 saturated carbocycles. The van der Waals surface area contributed by atoms with Crippen LogP contribution in [0, 0.1) is 0 Å². The quantitative estimate of drug-likeness (QED) is 0.536. The van der Waals surface area contributed by atoms with Crippen LogP contribution in [0.15, 0.2) is 0 Å². The average molecular weight is 276 g/mol. The zero-order chi connectivity index (χ0) is 15.0. The van der Waals surface area contributed by atoms with Crippen molar-refractivity contribution in [2.45, 2.75) is 18.9 Å². The first-order valence-electron chi connectivity index (χ1n) is 5.80. The summed E-state index contributed by atoms with van der Waals surface area (Å²) < 4.78 is 0. The minimum atomic E-state index is -1.82. The van der Waals surface area contributed by atoms with Gasteiger partial charge in [0.1, 0.15) is 0 Å². The van der Waals surface area contributed by atoms with Crippen LogP contribution in [0.2, 0.25) is 0 Å². The molecule has 1 aliphatic rings. The third-order valence-electron chi connectivity index (χ3n) is 2.45. The van der Waals surface area contributed by atoms with E-state index >= 15 is 0 Å². The zero-order valence-corrected chi connectivity index (χ0v) is 11.1. The zero-order valence-electron chi connectivity index (χ0n) is 11.1. The third-order valence-corrected chi connectivity index (χ3v) is 2.45. The summed E-state index contributed by atoms with van der Waals surface area (Å²) in [4.78, 5) is 33.4. The topological polar surface area (TPSA) is 118 Å². The van der Waals surface area contributed by atoms with E-state index in [0.717, 1.165) is 12.8 Å². The normalized spacial score (nSPS) is 15.7. The fourth-order valence-corrected chi connectivity index (χ4v) is 1.49. The Labute approximate surface area is 111 Å². The molecule has 1 rings (SSSR count). The summed E-state index contributed by atoms with van der Waals surface area (Å²) in [5, 5.41) is 24.0. The van der Waals surface area contributed by atoms with E-state index in [0.29, 0.717) is 19.6 Å². The molecule has 3 N–H and O–H groups in total. The molecular weight excluding hydrogens is 256 g/mol. The molecule has 0 unspecified atom stereocenters. The molecule has 19 heavy (non-hydrogen) atoms. The lowest BCUT2D eigenvalue weighted by atomic mass is 10.1. The fourth-order valence-electron chi connectivity index (χ4n) is 1.49. The fraction of sp³-hybridized carbons (Fsp3) is 0.727. The van der Waals surface area contributed by atoms with Crippen LogP contribution >= 0.6 is 0 Å². The van der Waals surface area contributed by atoms with E-state index in [2.05, 4.69) is 0 Å². The van der Waals surface area contributed by atoms with E-state index in [1.165, 1.54) is 0 Å². The molecule has 0 aromatic rings. The van der Waals surface area contributed by atoms with Crippen molar-refractivity contribution in [2.24, 2.45) is 0 Å². The number of carboxylic acids is 2. The van der Waals surface area contributed by atoms with Gasteiger partial charge in [-0.15, -0.1) is 0 Å². The van der Waals surface area contributed by atoms with E-state index in [1.54, 1.807) is 0 Å². The number of aliphatic hydroxyl groups is 1. The smallest absolute Gasteiger partial charge is 0.414 e. The van der Waals surface area contributed by atoms with Crippen LogP contribution in [0.4, 0.5) is 0 Å². The van der Waals surface area contributed by atoms with Crippen molar-refractivity contribution in [1.29, 1.82) is 0 Å². The number of likely N-dealkylation sites (N-methyl/N-ethyl adjacent to an activating group) is 1. The summed E-state index contributed by atoms with van der Waals surface area (Å²) in [5.74, 6) is -3.48. The monoisotopic (exact) mass is 276 g/mol. The predicted molar refractivity (Wildman–Crippen MR) is 65.6 cm³/mol. The number of likely N-dealkylation sites (tertiary alicyclic amines) is 1. The Balaban J connectivity index is 0.000000459. The maximum absolute atomic E-state index is 11.5. The van der Waals surface area contributed by atoms with Crippen LogP contribution in [0.5, 0.6) is 0 Å². The molecular formula is C11H20N2O6. The number of nitrogens with zero attached hydrogens (tertiary/aromatic N) is 2. The first kappa shape index (κ1) is 17.3. The lowest BCUT2D eigenvalue weighted by molar-refractivity contribution is -0.159. The van der Waals surface area contributed by atoms with E-state index in [9.17, 15) is 9.90 Å². The summed E-state index contributed by atoms with van der Waals surface area (Å²) in [7, 11) is 3.77. The summed E-state index contributed by atoms with van der Waals surface area (Å²) in [6, 6.07) is 0. The largest absolute Gasteiger partial charge is 0.473 e. The van der Waals surface area contributed by atoms with Crippen molar-refractivity contribution >= 4 is 17.8 Å². The average Bonchev–Trinajstić information content (AvgIpc) is 2.29. The molecule has 0 bridgehead atoms. The van der Waals surface area contributed by atoms with Gasteiger partial charge in [0.05, 0.1) is 12.6 Å². The highest BCUT2D eigenvalue weighted by Crippen LogP contribution is 2.09. The number of carboxylic acid groups (broad SMARTS) is 2. The number of hydrogen-bond donors (Lipinski definition) is 3. The minimum absolute atomic E-state index is 0.164. The number of carbonyl (C=O) groups is 3. The molecule has 0 aromatic heterocycles. The molecule has 1 fully saturated rings. The lowest BCUT2D eigenvalue weighted by Gasteiger charge is -2.30. The number of hydrogen-bond acceptors (Lipinski definition) is 5. The van der Waals surface area contributed by atoms with Crippen molar-refractivity contribution in [3.8, 4) is 0 Å². The van der Waals surface area contributed by atoms with Gasteiger partial charge in [0.2, 0.25) is 5.91 Å². The van der Waals surface area contributed by atoms with Crippen molar-refractivity contribution in [3.05, 3.63) is 0 Å². The molecule has 0 aliphatic carbocycles. The molecule has 1 saturated heterocycles. The molecule has 0 aromatic carbocycles. The Morgan fingerprint density at radius 3 is 1.84 bits per heavy atom. The Morgan fingerprint density at radius 2 is 1.53 bits per heavy atom. The summed E-state index contributed by atoms with van der Waals surface area (Å²) in [6.45, 7) is 1.87. The molecule has 0 spiro atoms. The van der Waals surface area contributed by atoms with Gasteiger partial charge in [-0.3, -0.25) is 4.79 Å². The first-order chi connectivity index (χ1) is 8.73. The predicted octanol–water partition coefficient (Wildman–Crippen LogP) is -1.31. The Hall–Kier alpha value is -1.67. The van der Waals surface area contributed by atoms with E-state index in [-0.39, 0.29) is 12.0 Å². The van der Waals surface area contributed by atoms with Crippen molar-refractivity contribution < 1.29 is 29.7 Å². The van der Waals surface area contributed by atoms with Gasteiger partial charge in [-0.25, -0.2) is 9.59 Å².